The van der Waals surface area contributed by atoms with Crippen LogP contribution in [0.2, 0.25) is 0 Å². The van der Waals surface area contributed by atoms with E-state index in [1.54, 1.807) is 39.5 Å². The predicted octanol–water partition coefficient (Wildman–Crippen LogP) is 4.61. The van der Waals surface area contributed by atoms with Crippen LogP contribution in [0.1, 0.15) is 39.0 Å². The molecule has 3 aliphatic rings. The highest BCUT2D eigenvalue weighted by atomic mass is 79.9. The van der Waals surface area contributed by atoms with Gasteiger partial charge in [-0.15, -0.1) is 0 Å². The van der Waals surface area contributed by atoms with Crippen LogP contribution in [-0.2, 0) is 9.53 Å². The lowest BCUT2D eigenvalue weighted by Gasteiger charge is -2.39. The first-order chi connectivity index (χ1) is 18.9. The van der Waals surface area contributed by atoms with Crippen molar-refractivity contribution in [1.82, 2.24) is 5.32 Å². The van der Waals surface area contributed by atoms with Gasteiger partial charge in [-0.25, -0.2) is 0 Å². The van der Waals surface area contributed by atoms with Crippen molar-refractivity contribution in [3.63, 3.8) is 0 Å². The molecule has 0 spiro atoms. The Morgan fingerprint density at radius 1 is 0.923 bits per heavy atom. The smallest absolute Gasteiger partial charge is 0.310 e. The topological polar surface area (TPSA) is 102 Å². The summed E-state index contributed by atoms with van der Waals surface area (Å²) in [6, 6.07) is 14.1. The quantitative estimate of drug-likeness (QED) is 0.412. The van der Waals surface area contributed by atoms with Crippen LogP contribution in [0.25, 0.3) is 0 Å². The fraction of sp³-hybridized carbons (Fsp3) is 0.310. The number of benzene rings is 3. The van der Waals surface area contributed by atoms with Crippen LogP contribution in [0.4, 0.5) is 0 Å². The molecular weight excluding hydrogens is 570 g/mol. The average Bonchev–Trinajstić information content (AvgIpc) is 3.57. The highest BCUT2D eigenvalue weighted by Crippen LogP contribution is 2.55. The Morgan fingerprint density at radius 3 is 2.26 bits per heavy atom. The van der Waals surface area contributed by atoms with Crippen LogP contribution in [0, 0.1) is 11.8 Å². The largest absolute Gasteiger partial charge is 0.493 e. The molecule has 0 bridgehead atoms. The van der Waals surface area contributed by atoms with E-state index in [2.05, 4.69) is 21.2 Å². The number of cyclic esters (lactones) is 1. The molecule has 4 atom stereocenters. The minimum Gasteiger partial charge on any atom is -0.493 e. The Balaban J connectivity index is 1.52. The van der Waals surface area contributed by atoms with E-state index in [0.29, 0.717) is 34.3 Å². The molecule has 1 fully saturated rings. The number of esters is 1. The lowest BCUT2D eigenvalue weighted by molar-refractivity contribution is -0.141. The number of hydrogen-bond donors (Lipinski definition) is 1. The summed E-state index contributed by atoms with van der Waals surface area (Å²) in [6.45, 7) is 0.263. The summed E-state index contributed by atoms with van der Waals surface area (Å²) in [5.41, 5.74) is 2.95. The van der Waals surface area contributed by atoms with Crippen molar-refractivity contribution in [2.75, 3.05) is 34.7 Å². The van der Waals surface area contributed by atoms with Gasteiger partial charge in [0.1, 0.15) is 0 Å². The van der Waals surface area contributed by atoms with Crippen molar-refractivity contribution in [2.24, 2.45) is 11.8 Å². The molecule has 3 aromatic carbocycles. The van der Waals surface area contributed by atoms with E-state index in [9.17, 15) is 9.59 Å². The predicted molar refractivity (Wildman–Crippen MR) is 143 cm³/mol. The van der Waals surface area contributed by atoms with Gasteiger partial charge in [-0.1, -0.05) is 22.0 Å². The maximum atomic E-state index is 13.4. The average molecular weight is 596 g/mol. The Morgan fingerprint density at radius 2 is 1.62 bits per heavy atom. The standard InChI is InChI=1S/C29H26BrNO8/c1-34-22-8-15(9-23(35-2)27(22)36-3)24-17-10-20-21(39-13-38-20)11-18(17)26(19-12-37-29(33)25(19)24)31-28(32)14-5-4-6-16(30)7-14/h4-11,19,24-26H,12-13H2,1-3H3,(H,31,32)/t19-,24+,25-,26+/m0/s1. The lowest BCUT2D eigenvalue weighted by atomic mass is 9.65. The van der Waals surface area contributed by atoms with Gasteiger partial charge < -0.3 is 33.7 Å². The normalized spacial score (nSPS) is 22.4. The highest BCUT2D eigenvalue weighted by molar-refractivity contribution is 9.10. The van der Waals surface area contributed by atoms with Crippen LogP contribution in [0.15, 0.2) is 53.0 Å². The van der Waals surface area contributed by atoms with Gasteiger partial charge in [-0.3, -0.25) is 9.59 Å². The van der Waals surface area contributed by atoms with Crippen LogP contribution >= 0.6 is 15.9 Å². The zero-order valence-electron chi connectivity index (χ0n) is 21.5. The molecule has 0 saturated carbocycles. The van der Waals surface area contributed by atoms with Crippen molar-refractivity contribution in [2.45, 2.75) is 12.0 Å². The van der Waals surface area contributed by atoms with Crippen molar-refractivity contribution in [1.29, 1.82) is 0 Å². The molecule has 202 valence electrons. The maximum absolute atomic E-state index is 13.4. The van der Waals surface area contributed by atoms with Crippen LogP contribution < -0.4 is 29.0 Å². The third kappa shape index (κ3) is 4.23. The van der Waals surface area contributed by atoms with Gasteiger partial charge in [0.05, 0.1) is 39.9 Å². The molecule has 3 aromatic rings. The van der Waals surface area contributed by atoms with E-state index in [0.717, 1.165) is 21.2 Å². The Bertz CT molecular complexity index is 1450. The number of halogens is 1. The van der Waals surface area contributed by atoms with Crippen molar-refractivity contribution < 1.29 is 38.0 Å². The van der Waals surface area contributed by atoms with E-state index in [1.807, 2.05) is 30.3 Å². The number of nitrogens with one attached hydrogen (secondary N) is 1. The number of carbonyl (C=O) groups is 2. The van der Waals surface area contributed by atoms with Crippen LogP contribution in [-0.4, -0.2) is 46.6 Å². The van der Waals surface area contributed by atoms with Crippen LogP contribution in [0.5, 0.6) is 28.7 Å². The van der Waals surface area contributed by atoms with Crippen molar-refractivity contribution in [3.05, 3.63) is 75.3 Å². The fourth-order valence-electron chi connectivity index (χ4n) is 5.88. The molecule has 1 saturated heterocycles. The summed E-state index contributed by atoms with van der Waals surface area (Å²) >= 11 is 3.43. The molecule has 9 nitrogen and oxygen atoms in total. The zero-order valence-corrected chi connectivity index (χ0v) is 23.1. The summed E-state index contributed by atoms with van der Waals surface area (Å²) in [6.07, 6.45) is 0. The number of amides is 1. The third-order valence-electron chi connectivity index (χ3n) is 7.61. The molecule has 0 unspecified atom stereocenters. The number of fused-ring (bicyclic) bond motifs is 3. The minimum absolute atomic E-state index is 0.0943. The van der Waals surface area contributed by atoms with Gasteiger partial charge in [0.25, 0.3) is 5.91 Å². The Hall–Kier alpha value is -3.92. The summed E-state index contributed by atoms with van der Waals surface area (Å²) in [4.78, 5) is 26.7. The minimum atomic E-state index is -0.575. The molecule has 0 aromatic heterocycles. The number of rotatable bonds is 6. The second kappa shape index (κ2) is 10.00. The molecule has 2 aliphatic heterocycles. The third-order valence-corrected chi connectivity index (χ3v) is 8.10. The molecule has 2 heterocycles. The number of carbonyl (C=O) groups excluding carboxylic acids is 2. The highest BCUT2D eigenvalue weighted by Gasteiger charge is 2.53. The maximum Gasteiger partial charge on any atom is 0.310 e. The SMILES string of the molecule is COc1cc([C@@H]2c3cc4c(cc3[C@@H](NC(=O)c3cccc(Br)c3)[C@H]3COC(=O)[C@H]23)OCO4)cc(OC)c1OC. The first-order valence-corrected chi connectivity index (χ1v) is 13.2. The summed E-state index contributed by atoms with van der Waals surface area (Å²) in [5.74, 6) is 0.648. The number of methoxy groups -OCH3 is 3. The van der Waals surface area contributed by atoms with Gasteiger partial charge in [0.15, 0.2) is 23.0 Å². The van der Waals surface area contributed by atoms with Gasteiger partial charge in [-0.05, 0) is 59.2 Å². The summed E-state index contributed by atoms with van der Waals surface area (Å²) in [7, 11) is 4.64. The van der Waals surface area contributed by atoms with Gasteiger partial charge in [-0.2, -0.15) is 0 Å². The molecule has 39 heavy (non-hydrogen) atoms. The van der Waals surface area contributed by atoms with Gasteiger partial charge in [0.2, 0.25) is 12.5 Å². The second-order valence-electron chi connectivity index (χ2n) is 9.55. The molecule has 0 radical (unpaired) electrons. The van der Waals surface area contributed by atoms with Gasteiger partial charge >= 0.3 is 5.97 Å². The molecular formula is C29H26BrNO8. The molecule has 10 heteroatoms. The number of ether oxygens (including phenoxy) is 6. The molecule has 1 aliphatic carbocycles. The monoisotopic (exact) mass is 595 g/mol. The van der Waals surface area contributed by atoms with E-state index in [1.165, 1.54) is 0 Å². The number of hydrogen-bond acceptors (Lipinski definition) is 8. The molecule has 1 N–H and O–H groups in total. The summed E-state index contributed by atoms with van der Waals surface area (Å²) in [5, 5.41) is 3.18. The van der Waals surface area contributed by atoms with Crippen molar-refractivity contribution in [3.8, 4) is 28.7 Å². The van der Waals surface area contributed by atoms with E-state index < -0.39 is 17.9 Å². The van der Waals surface area contributed by atoms with E-state index >= 15 is 0 Å². The Kier molecular flexibility index (Phi) is 6.50. The lowest BCUT2D eigenvalue weighted by Crippen LogP contribution is -2.42. The first-order valence-electron chi connectivity index (χ1n) is 12.4. The zero-order chi connectivity index (χ0) is 27.3. The second-order valence-corrected chi connectivity index (χ2v) is 10.5. The fourth-order valence-corrected chi connectivity index (χ4v) is 6.28. The van der Waals surface area contributed by atoms with E-state index in [4.69, 9.17) is 28.4 Å². The molecule has 1 amide bonds. The van der Waals surface area contributed by atoms with Crippen molar-refractivity contribution >= 4 is 27.8 Å². The Labute approximate surface area is 233 Å². The van der Waals surface area contributed by atoms with Gasteiger partial charge in [0, 0.05) is 21.9 Å². The van der Waals surface area contributed by atoms with Crippen LogP contribution in [0.3, 0.4) is 0 Å². The first kappa shape index (κ1) is 25.4. The van der Waals surface area contributed by atoms with E-state index in [-0.39, 0.29) is 31.2 Å². The summed E-state index contributed by atoms with van der Waals surface area (Å²) < 4.78 is 34.6. The molecule has 6 rings (SSSR count).